The fourth-order valence-corrected chi connectivity index (χ4v) is 1.51. The van der Waals surface area contributed by atoms with Gasteiger partial charge in [0, 0.05) is 6.07 Å². The van der Waals surface area contributed by atoms with E-state index in [9.17, 15) is 9.59 Å². The molecule has 0 spiro atoms. The fraction of sp³-hybridized carbons (Fsp3) is 0.167. The number of rotatable bonds is 3. The van der Waals surface area contributed by atoms with Crippen LogP contribution in [0.3, 0.4) is 0 Å². The molecule has 2 rings (SSSR count). The number of nitrogens with zero attached hydrogens (tertiary/aromatic N) is 1. The quantitative estimate of drug-likeness (QED) is 0.867. The van der Waals surface area contributed by atoms with Gasteiger partial charge in [-0.15, -0.1) is 0 Å². The highest BCUT2D eigenvalue weighted by molar-refractivity contribution is 5.83. The van der Waals surface area contributed by atoms with Gasteiger partial charge in [0.05, 0.1) is 12.3 Å². The zero-order valence-corrected chi connectivity index (χ0v) is 9.84. The third-order valence-corrected chi connectivity index (χ3v) is 2.25. The van der Waals surface area contributed by atoms with Gasteiger partial charge in [-0.05, 0) is 19.1 Å². The Morgan fingerprint density at radius 2 is 2.11 bits per heavy atom. The van der Waals surface area contributed by atoms with E-state index in [0.717, 1.165) is 0 Å². The highest BCUT2D eigenvalue weighted by Crippen LogP contribution is 2.06. The Morgan fingerprint density at radius 3 is 2.78 bits per heavy atom. The van der Waals surface area contributed by atoms with Crippen molar-refractivity contribution in [3.63, 3.8) is 0 Å². The van der Waals surface area contributed by atoms with E-state index < -0.39 is 6.09 Å². The summed E-state index contributed by atoms with van der Waals surface area (Å²) in [6.45, 7) is 1.98. The summed E-state index contributed by atoms with van der Waals surface area (Å²) in [7, 11) is 0. The molecule has 0 aliphatic heterocycles. The number of amides is 1. The van der Waals surface area contributed by atoms with Crippen LogP contribution in [0.25, 0.3) is 5.69 Å². The average molecular weight is 247 g/mol. The van der Waals surface area contributed by atoms with Gasteiger partial charge in [-0.25, -0.2) is 9.48 Å². The number of ether oxygens (including phenoxy) is 1. The minimum Gasteiger partial charge on any atom is -0.450 e. The van der Waals surface area contributed by atoms with E-state index in [-0.39, 0.29) is 12.2 Å². The van der Waals surface area contributed by atoms with E-state index in [1.165, 1.54) is 10.7 Å². The monoisotopic (exact) mass is 247 g/mol. The predicted molar refractivity (Wildman–Crippen MR) is 67.0 cm³/mol. The second-order valence-corrected chi connectivity index (χ2v) is 3.52. The number of anilines is 1. The number of aromatic amines is 1. The zero-order valence-electron chi connectivity index (χ0n) is 9.84. The number of para-hydroxylation sites is 1. The van der Waals surface area contributed by atoms with Crippen molar-refractivity contribution in [1.29, 1.82) is 0 Å². The number of carbonyl (C=O) groups excluding carboxylic acids is 1. The lowest BCUT2D eigenvalue weighted by atomic mass is 10.3. The minimum absolute atomic E-state index is 0.256. The molecule has 2 aromatic rings. The van der Waals surface area contributed by atoms with Crippen LogP contribution in [-0.2, 0) is 4.74 Å². The van der Waals surface area contributed by atoms with Crippen molar-refractivity contribution in [2.24, 2.45) is 0 Å². The molecule has 0 saturated carbocycles. The summed E-state index contributed by atoms with van der Waals surface area (Å²) < 4.78 is 6.05. The normalized spacial score (nSPS) is 10.1. The Morgan fingerprint density at radius 1 is 1.39 bits per heavy atom. The first-order chi connectivity index (χ1) is 8.70. The van der Waals surface area contributed by atoms with Gasteiger partial charge in [0.25, 0.3) is 5.56 Å². The molecule has 2 N–H and O–H groups in total. The molecule has 0 radical (unpaired) electrons. The smallest absolute Gasteiger partial charge is 0.412 e. The second kappa shape index (κ2) is 5.22. The lowest BCUT2D eigenvalue weighted by molar-refractivity contribution is 0.168. The van der Waals surface area contributed by atoms with Gasteiger partial charge < -0.3 is 4.74 Å². The molecule has 94 valence electrons. The first-order valence-corrected chi connectivity index (χ1v) is 5.52. The molecule has 1 aromatic carbocycles. The summed E-state index contributed by atoms with van der Waals surface area (Å²) in [5, 5.41) is 5.22. The molecule has 1 heterocycles. The Kier molecular flexibility index (Phi) is 3.47. The van der Waals surface area contributed by atoms with Crippen LogP contribution in [0.15, 0.2) is 41.2 Å². The van der Waals surface area contributed by atoms with Crippen LogP contribution in [0.2, 0.25) is 0 Å². The molecular formula is C12H13N3O3. The number of carbonyl (C=O) groups is 1. The molecule has 1 amide bonds. The highest BCUT2D eigenvalue weighted by Gasteiger charge is 2.07. The molecule has 18 heavy (non-hydrogen) atoms. The van der Waals surface area contributed by atoms with Crippen molar-refractivity contribution in [2.45, 2.75) is 6.92 Å². The highest BCUT2D eigenvalue weighted by atomic mass is 16.5. The minimum atomic E-state index is -0.598. The summed E-state index contributed by atoms with van der Waals surface area (Å²) in [5.41, 5.74) is 0.437. The number of aromatic nitrogens is 2. The van der Waals surface area contributed by atoms with Crippen LogP contribution < -0.4 is 10.9 Å². The molecule has 0 aliphatic rings. The SMILES string of the molecule is CCOC(=O)Nc1cc(=O)n(-c2ccccc2)[nH]1. The van der Waals surface area contributed by atoms with Crippen molar-refractivity contribution in [3.8, 4) is 5.69 Å². The van der Waals surface area contributed by atoms with Crippen LogP contribution >= 0.6 is 0 Å². The van der Waals surface area contributed by atoms with Crippen molar-refractivity contribution >= 4 is 11.9 Å². The van der Waals surface area contributed by atoms with Crippen LogP contribution in [0.5, 0.6) is 0 Å². The lowest BCUT2D eigenvalue weighted by Gasteiger charge is -2.03. The zero-order chi connectivity index (χ0) is 13.0. The Labute approximate surface area is 103 Å². The van der Waals surface area contributed by atoms with Crippen LogP contribution in [0, 0.1) is 0 Å². The van der Waals surface area contributed by atoms with Gasteiger partial charge in [-0.1, -0.05) is 18.2 Å². The number of hydrogen-bond acceptors (Lipinski definition) is 3. The summed E-state index contributed by atoms with van der Waals surface area (Å²) in [6.07, 6.45) is -0.598. The maximum Gasteiger partial charge on any atom is 0.412 e. The predicted octanol–water partition coefficient (Wildman–Crippen LogP) is 1.73. The van der Waals surface area contributed by atoms with Gasteiger partial charge in [0.15, 0.2) is 0 Å². The molecule has 0 fully saturated rings. The van der Waals surface area contributed by atoms with Crippen molar-refractivity contribution in [3.05, 3.63) is 46.8 Å². The van der Waals surface area contributed by atoms with E-state index in [4.69, 9.17) is 4.74 Å². The fourth-order valence-electron chi connectivity index (χ4n) is 1.51. The summed E-state index contributed by atoms with van der Waals surface area (Å²) >= 11 is 0. The first kappa shape index (κ1) is 12.0. The maximum atomic E-state index is 11.7. The van der Waals surface area contributed by atoms with Crippen molar-refractivity contribution in [1.82, 2.24) is 9.78 Å². The largest absolute Gasteiger partial charge is 0.450 e. The van der Waals surface area contributed by atoms with Gasteiger partial charge in [-0.2, -0.15) is 0 Å². The average Bonchev–Trinajstić information content (AvgIpc) is 2.71. The van der Waals surface area contributed by atoms with E-state index in [0.29, 0.717) is 11.5 Å². The summed E-state index contributed by atoms with van der Waals surface area (Å²) in [6, 6.07) is 10.4. The van der Waals surface area contributed by atoms with Gasteiger partial charge in [0.2, 0.25) is 0 Å². The van der Waals surface area contributed by atoms with Crippen LogP contribution in [0.1, 0.15) is 6.92 Å². The lowest BCUT2D eigenvalue weighted by Crippen LogP contribution is -2.14. The topological polar surface area (TPSA) is 76.1 Å². The summed E-state index contributed by atoms with van der Waals surface area (Å²) in [4.78, 5) is 22.9. The standard InChI is InChI=1S/C12H13N3O3/c1-2-18-12(17)13-10-8-11(16)15(14-10)9-6-4-3-5-7-9/h3-8,14H,2H2,1H3,(H,13,17). The van der Waals surface area contributed by atoms with E-state index in [1.54, 1.807) is 19.1 Å². The molecule has 0 aliphatic carbocycles. The van der Waals surface area contributed by atoms with E-state index in [1.807, 2.05) is 18.2 Å². The molecular weight excluding hydrogens is 234 g/mol. The summed E-state index contributed by atoms with van der Waals surface area (Å²) in [5.74, 6) is 0.294. The van der Waals surface area contributed by atoms with E-state index >= 15 is 0 Å². The Hall–Kier alpha value is -2.50. The molecule has 0 saturated heterocycles. The van der Waals surface area contributed by atoms with E-state index in [2.05, 4.69) is 10.4 Å². The number of benzene rings is 1. The number of nitrogens with one attached hydrogen (secondary N) is 2. The van der Waals surface area contributed by atoms with Crippen molar-refractivity contribution in [2.75, 3.05) is 11.9 Å². The molecule has 1 aromatic heterocycles. The molecule has 6 heteroatoms. The third-order valence-electron chi connectivity index (χ3n) is 2.25. The van der Waals surface area contributed by atoms with Crippen LogP contribution in [0.4, 0.5) is 10.6 Å². The Bertz CT molecular complexity index is 586. The van der Waals surface area contributed by atoms with Crippen molar-refractivity contribution < 1.29 is 9.53 Å². The maximum absolute atomic E-state index is 11.7. The van der Waals surface area contributed by atoms with Gasteiger partial charge >= 0.3 is 6.09 Å². The third kappa shape index (κ3) is 2.60. The first-order valence-electron chi connectivity index (χ1n) is 5.52. The number of H-pyrrole nitrogens is 1. The van der Waals surface area contributed by atoms with Gasteiger partial charge in [0.1, 0.15) is 5.82 Å². The molecule has 0 unspecified atom stereocenters. The molecule has 0 bridgehead atoms. The number of hydrogen-bond donors (Lipinski definition) is 2. The van der Waals surface area contributed by atoms with Gasteiger partial charge in [-0.3, -0.25) is 15.2 Å². The second-order valence-electron chi connectivity index (χ2n) is 3.52. The Balaban J connectivity index is 2.23. The molecule has 6 nitrogen and oxygen atoms in total. The molecule has 0 atom stereocenters. The van der Waals surface area contributed by atoms with Crippen LogP contribution in [-0.4, -0.2) is 22.5 Å².